The van der Waals surface area contributed by atoms with Crippen LogP contribution in [0.15, 0.2) is 24.3 Å². The topological polar surface area (TPSA) is 170 Å². The second kappa shape index (κ2) is 12.2. The lowest BCUT2D eigenvalue weighted by Gasteiger charge is -2.40. The van der Waals surface area contributed by atoms with Crippen LogP contribution in [0.5, 0.6) is 0 Å². The summed E-state index contributed by atoms with van der Waals surface area (Å²) in [5, 5.41) is 10.8. The molecule has 1 aromatic carbocycles. The zero-order valence-electron chi connectivity index (χ0n) is 20.5. The van der Waals surface area contributed by atoms with E-state index < -0.39 is 84.1 Å². The second-order valence-electron chi connectivity index (χ2n) is 9.25. The Balaban J connectivity index is 3.22. The fourth-order valence-corrected chi connectivity index (χ4v) is 3.73. The molecule has 0 fully saturated rings. The van der Waals surface area contributed by atoms with Crippen LogP contribution in [-0.4, -0.2) is 58.6 Å². The maximum atomic E-state index is 13.4. The van der Waals surface area contributed by atoms with Crippen molar-refractivity contribution in [1.29, 1.82) is 0 Å². The number of carboxylic acids is 1. The van der Waals surface area contributed by atoms with Gasteiger partial charge in [0, 0.05) is 23.5 Å². The molecule has 0 aromatic heterocycles. The number of amides is 1. The predicted octanol–water partition coefficient (Wildman–Crippen LogP) is 2.12. The summed E-state index contributed by atoms with van der Waals surface area (Å²) < 4.78 is 40.3. The Labute approximate surface area is 206 Å². The molecule has 200 valence electrons. The number of alkyl halides is 3. The van der Waals surface area contributed by atoms with Crippen LogP contribution in [-0.2, 0) is 14.4 Å². The van der Waals surface area contributed by atoms with Gasteiger partial charge < -0.3 is 21.9 Å². The number of benzene rings is 1. The largest absolute Gasteiger partial charge is 0.480 e. The van der Waals surface area contributed by atoms with Crippen LogP contribution in [0.2, 0.25) is 0 Å². The highest BCUT2D eigenvalue weighted by Crippen LogP contribution is 2.36. The summed E-state index contributed by atoms with van der Waals surface area (Å²) in [7, 11) is 0. The van der Waals surface area contributed by atoms with Gasteiger partial charge in [-0.1, -0.05) is 39.8 Å². The van der Waals surface area contributed by atoms with E-state index >= 15 is 0 Å². The van der Waals surface area contributed by atoms with Crippen molar-refractivity contribution in [2.24, 2.45) is 29.2 Å². The van der Waals surface area contributed by atoms with Gasteiger partial charge in [0.15, 0.2) is 11.6 Å². The van der Waals surface area contributed by atoms with Crippen LogP contribution in [0.1, 0.15) is 61.3 Å². The molecule has 1 amide bonds. The summed E-state index contributed by atoms with van der Waals surface area (Å²) in [6, 6.07) is 3.92. The number of nitrogens with one attached hydrogen (secondary N) is 1. The van der Waals surface area contributed by atoms with Crippen molar-refractivity contribution in [3.8, 4) is 0 Å². The van der Waals surface area contributed by atoms with Gasteiger partial charge >= 0.3 is 12.1 Å². The third kappa shape index (κ3) is 7.44. The molecule has 9 nitrogen and oxygen atoms in total. The zero-order chi connectivity index (χ0) is 28.0. The normalized spacial score (nSPS) is 15.2. The Kier molecular flexibility index (Phi) is 10.5. The van der Waals surface area contributed by atoms with E-state index in [9.17, 15) is 37.1 Å². The van der Waals surface area contributed by atoms with E-state index in [-0.39, 0.29) is 11.1 Å². The second-order valence-corrected chi connectivity index (χ2v) is 9.25. The lowest BCUT2D eigenvalue weighted by molar-refractivity contribution is -0.182. The van der Waals surface area contributed by atoms with E-state index in [0.29, 0.717) is 0 Å². The summed E-state index contributed by atoms with van der Waals surface area (Å²) in [4.78, 5) is 60.7. The van der Waals surface area contributed by atoms with E-state index in [1.807, 2.05) is 0 Å². The molecule has 36 heavy (non-hydrogen) atoms. The Morgan fingerprint density at radius 1 is 0.972 bits per heavy atom. The fourth-order valence-electron chi connectivity index (χ4n) is 3.73. The summed E-state index contributed by atoms with van der Waals surface area (Å²) in [6.45, 7) is 5.18. The molecule has 0 spiro atoms. The van der Waals surface area contributed by atoms with Crippen molar-refractivity contribution in [3.05, 3.63) is 35.4 Å². The molecule has 0 heterocycles. The minimum Gasteiger partial charge on any atom is -0.480 e. The SMILES string of the molecule is CC(C)[C@H](N)C(=O)C(CCC(=O)c1ccc(C(=O)NCC(=O)O)cc1)C(N)(C(=O)C(F)(F)F)C(C)C. The van der Waals surface area contributed by atoms with Crippen molar-refractivity contribution < 1.29 is 42.3 Å². The minimum absolute atomic E-state index is 0.0836. The molecule has 3 atom stereocenters. The van der Waals surface area contributed by atoms with E-state index in [4.69, 9.17) is 16.6 Å². The number of nitrogens with two attached hydrogens (primary N) is 2. The first-order chi connectivity index (χ1) is 16.4. The zero-order valence-corrected chi connectivity index (χ0v) is 20.5. The van der Waals surface area contributed by atoms with Gasteiger partial charge in [0.1, 0.15) is 6.54 Å². The van der Waals surface area contributed by atoms with Gasteiger partial charge in [-0.15, -0.1) is 0 Å². The Morgan fingerprint density at radius 3 is 1.89 bits per heavy atom. The van der Waals surface area contributed by atoms with Gasteiger partial charge in [0.05, 0.1) is 11.6 Å². The maximum Gasteiger partial charge on any atom is 0.451 e. The maximum absolute atomic E-state index is 13.4. The first-order valence-corrected chi connectivity index (χ1v) is 11.3. The molecule has 0 radical (unpaired) electrons. The van der Waals surface area contributed by atoms with Gasteiger partial charge in [-0.25, -0.2) is 0 Å². The van der Waals surface area contributed by atoms with Crippen LogP contribution >= 0.6 is 0 Å². The standard InChI is InChI=1S/C24H32F3N3O6/c1-12(2)19(28)20(34)16(23(29,13(3)4)22(36)24(25,26)27)9-10-17(31)14-5-7-15(8-6-14)21(35)30-11-18(32)33/h5-8,12-13,16,19H,9-11,28-29H2,1-4H3,(H,30,35)(H,32,33)/t16?,19-,23?/m0/s1. The van der Waals surface area contributed by atoms with Crippen LogP contribution < -0.4 is 16.8 Å². The van der Waals surface area contributed by atoms with Gasteiger partial charge in [-0.2, -0.15) is 13.2 Å². The van der Waals surface area contributed by atoms with Crippen LogP contribution in [0.4, 0.5) is 13.2 Å². The smallest absolute Gasteiger partial charge is 0.451 e. The number of carbonyl (C=O) groups excluding carboxylic acids is 4. The predicted molar refractivity (Wildman–Crippen MR) is 124 cm³/mol. The van der Waals surface area contributed by atoms with Crippen molar-refractivity contribution in [3.63, 3.8) is 0 Å². The lowest BCUT2D eigenvalue weighted by Crippen LogP contribution is -2.65. The van der Waals surface area contributed by atoms with Crippen LogP contribution in [0.25, 0.3) is 0 Å². The molecule has 2 unspecified atom stereocenters. The molecule has 0 aliphatic rings. The average molecular weight is 516 g/mol. The van der Waals surface area contributed by atoms with Gasteiger partial charge in [-0.3, -0.25) is 24.0 Å². The van der Waals surface area contributed by atoms with Gasteiger partial charge in [0.2, 0.25) is 0 Å². The number of hydrogen-bond acceptors (Lipinski definition) is 7. The van der Waals surface area contributed by atoms with E-state index in [2.05, 4.69) is 5.32 Å². The molecule has 12 heteroatoms. The van der Waals surface area contributed by atoms with Crippen molar-refractivity contribution in [2.45, 2.75) is 58.3 Å². The fraction of sp³-hybridized carbons (Fsp3) is 0.542. The molecular weight excluding hydrogens is 483 g/mol. The van der Waals surface area contributed by atoms with E-state index in [0.717, 1.165) is 0 Å². The summed E-state index contributed by atoms with van der Waals surface area (Å²) in [6.07, 6.45) is -6.17. The highest BCUT2D eigenvalue weighted by atomic mass is 19.4. The molecular formula is C24H32F3N3O6. The summed E-state index contributed by atoms with van der Waals surface area (Å²) in [5.74, 6) is -8.80. The highest BCUT2D eigenvalue weighted by Gasteiger charge is 2.58. The third-order valence-corrected chi connectivity index (χ3v) is 6.10. The van der Waals surface area contributed by atoms with Gasteiger partial charge in [-0.05, 0) is 30.4 Å². The number of ketones is 3. The number of Topliss-reactive ketones (excluding diaryl/α,β-unsaturated/α-hetero) is 3. The molecule has 0 aliphatic carbocycles. The number of hydrogen-bond donors (Lipinski definition) is 4. The van der Waals surface area contributed by atoms with E-state index in [1.54, 1.807) is 13.8 Å². The Hall–Kier alpha value is -3.12. The molecule has 6 N–H and O–H groups in total. The number of rotatable bonds is 13. The first-order valence-electron chi connectivity index (χ1n) is 11.3. The van der Waals surface area contributed by atoms with E-state index in [1.165, 1.54) is 38.1 Å². The Bertz CT molecular complexity index is 992. The molecule has 0 bridgehead atoms. The molecule has 1 aromatic rings. The van der Waals surface area contributed by atoms with Crippen molar-refractivity contribution in [2.75, 3.05) is 6.54 Å². The summed E-state index contributed by atoms with van der Waals surface area (Å²) >= 11 is 0. The molecule has 0 saturated heterocycles. The average Bonchev–Trinajstić information content (AvgIpc) is 2.80. The first kappa shape index (κ1) is 30.9. The number of carboxylic acid groups (broad SMARTS) is 1. The number of aliphatic carboxylic acids is 1. The highest BCUT2D eigenvalue weighted by molar-refractivity contribution is 6.02. The van der Waals surface area contributed by atoms with Crippen LogP contribution in [0.3, 0.4) is 0 Å². The number of carbonyl (C=O) groups is 5. The Morgan fingerprint density at radius 2 is 1.47 bits per heavy atom. The van der Waals surface area contributed by atoms with Crippen molar-refractivity contribution >= 4 is 29.2 Å². The molecule has 0 saturated carbocycles. The summed E-state index contributed by atoms with van der Waals surface area (Å²) in [5.41, 5.74) is 9.50. The third-order valence-electron chi connectivity index (χ3n) is 6.10. The number of halogens is 3. The van der Waals surface area contributed by atoms with Crippen LogP contribution in [0, 0.1) is 17.8 Å². The van der Waals surface area contributed by atoms with Gasteiger partial charge in [0.25, 0.3) is 11.7 Å². The molecule has 1 rings (SSSR count). The lowest BCUT2D eigenvalue weighted by atomic mass is 9.67. The minimum atomic E-state index is -5.31. The quantitative estimate of drug-likeness (QED) is 0.290. The monoisotopic (exact) mass is 515 g/mol. The van der Waals surface area contributed by atoms with Crippen molar-refractivity contribution in [1.82, 2.24) is 5.32 Å². The molecule has 0 aliphatic heterocycles.